The fourth-order valence-electron chi connectivity index (χ4n) is 0.474. The molecule has 0 aromatic rings. The Morgan fingerprint density at radius 3 is 2.78 bits per heavy atom. The first kappa shape index (κ1) is 8.14. The van der Waals surface area contributed by atoms with Crippen molar-refractivity contribution in [3.63, 3.8) is 0 Å². The van der Waals surface area contributed by atoms with Gasteiger partial charge in [-0.3, -0.25) is 4.79 Å². The molecule has 1 atom stereocenters. The third-order valence-electron chi connectivity index (χ3n) is 1.07. The van der Waals surface area contributed by atoms with E-state index in [2.05, 4.69) is 4.74 Å². The summed E-state index contributed by atoms with van der Waals surface area (Å²) in [4.78, 5) is 10.6. The van der Waals surface area contributed by atoms with Crippen LogP contribution in [0.15, 0.2) is 0 Å². The SMILES string of the molecule is COC(=O)[C@H](C)CC=N. The molecule has 52 valence electrons. The van der Waals surface area contributed by atoms with Crippen molar-refractivity contribution in [1.29, 1.82) is 5.41 Å². The molecule has 1 N–H and O–H groups in total. The number of carbonyl (C=O) groups excluding carboxylic acids is 1. The molecule has 0 saturated carbocycles. The van der Waals surface area contributed by atoms with Crippen molar-refractivity contribution >= 4 is 12.2 Å². The molecule has 0 amide bonds. The first-order valence-corrected chi connectivity index (χ1v) is 2.79. The summed E-state index contributed by atoms with van der Waals surface area (Å²) in [6.45, 7) is 1.73. The average molecular weight is 129 g/mol. The summed E-state index contributed by atoms with van der Waals surface area (Å²) in [5.41, 5.74) is 0. The standard InChI is InChI=1S/C6H11NO2/c1-5(3-4-7)6(8)9-2/h4-5,7H,3H2,1-2H3/t5-/m1/s1. The lowest BCUT2D eigenvalue weighted by atomic mass is 10.1. The summed E-state index contributed by atoms with van der Waals surface area (Å²) in [5.74, 6) is -0.425. The second-order valence-corrected chi connectivity index (χ2v) is 1.86. The monoisotopic (exact) mass is 129 g/mol. The van der Waals surface area contributed by atoms with Crippen LogP contribution < -0.4 is 0 Å². The molecule has 0 fully saturated rings. The predicted octanol–water partition coefficient (Wildman–Crippen LogP) is 0.835. The van der Waals surface area contributed by atoms with Crippen LogP contribution in [0.25, 0.3) is 0 Å². The van der Waals surface area contributed by atoms with Crippen LogP contribution in [0.4, 0.5) is 0 Å². The Kier molecular flexibility index (Phi) is 3.67. The normalized spacial score (nSPS) is 12.2. The molecule has 0 aliphatic heterocycles. The Morgan fingerprint density at radius 1 is 1.89 bits per heavy atom. The van der Waals surface area contributed by atoms with Gasteiger partial charge >= 0.3 is 5.97 Å². The fraction of sp³-hybridized carbons (Fsp3) is 0.667. The average Bonchev–Trinajstić information content (AvgIpc) is 1.87. The summed E-state index contributed by atoms with van der Waals surface area (Å²) in [6, 6.07) is 0. The molecule has 0 bridgehead atoms. The van der Waals surface area contributed by atoms with Crippen LogP contribution in [-0.2, 0) is 9.53 Å². The predicted molar refractivity (Wildman–Crippen MR) is 34.6 cm³/mol. The van der Waals surface area contributed by atoms with Crippen LogP contribution in [0.3, 0.4) is 0 Å². The highest BCUT2D eigenvalue weighted by molar-refractivity contribution is 5.75. The van der Waals surface area contributed by atoms with E-state index in [1.165, 1.54) is 13.3 Å². The van der Waals surface area contributed by atoms with E-state index in [9.17, 15) is 4.79 Å². The molecule has 0 aromatic carbocycles. The van der Waals surface area contributed by atoms with Gasteiger partial charge < -0.3 is 10.1 Å². The molecule has 0 aliphatic carbocycles. The molecular formula is C6H11NO2. The van der Waals surface area contributed by atoms with Crippen LogP contribution in [0.1, 0.15) is 13.3 Å². The fourth-order valence-corrected chi connectivity index (χ4v) is 0.474. The zero-order valence-corrected chi connectivity index (χ0v) is 5.68. The lowest BCUT2D eigenvalue weighted by Crippen LogP contribution is -2.12. The maximum absolute atomic E-state index is 10.6. The molecule has 0 aliphatic rings. The van der Waals surface area contributed by atoms with Gasteiger partial charge in [-0.05, 0) is 12.6 Å². The Hall–Kier alpha value is -0.860. The Bertz CT molecular complexity index is 112. The van der Waals surface area contributed by atoms with E-state index in [0.29, 0.717) is 6.42 Å². The van der Waals surface area contributed by atoms with Crippen molar-refractivity contribution in [3.05, 3.63) is 0 Å². The number of esters is 1. The molecule has 0 aromatic heterocycles. The van der Waals surface area contributed by atoms with Gasteiger partial charge in [0, 0.05) is 0 Å². The van der Waals surface area contributed by atoms with Crippen molar-refractivity contribution < 1.29 is 9.53 Å². The van der Waals surface area contributed by atoms with Crippen molar-refractivity contribution in [3.8, 4) is 0 Å². The first-order chi connectivity index (χ1) is 4.22. The van der Waals surface area contributed by atoms with E-state index in [1.807, 2.05) is 0 Å². The van der Waals surface area contributed by atoms with E-state index in [0.717, 1.165) is 0 Å². The minimum Gasteiger partial charge on any atom is -0.469 e. The van der Waals surface area contributed by atoms with Crippen LogP contribution in [-0.4, -0.2) is 19.3 Å². The second-order valence-electron chi connectivity index (χ2n) is 1.86. The highest BCUT2D eigenvalue weighted by Gasteiger charge is 2.09. The van der Waals surface area contributed by atoms with Crippen molar-refractivity contribution in [2.45, 2.75) is 13.3 Å². The van der Waals surface area contributed by atoms with Gasteiger partial charge in [0.05, 0.1) is 13.0 Å². The van der Waals surface area contributed by atoms with Crippen molar-refractivity contribution in [2.75, 3.05) is 7.11 Å². The van der Waals surface area contributed by atoms with Gasteiger partial charge in [0.15, 0.2) is 0 Å². The summed E-state index contributed by atoms with van der Waals surface area (Å²) in [7, 11) is 1.35. The van der Waals surface area contributed by atoms with E-state index in [4.69, 9.17) is 5.41 Å². The third-order valence-corrected chi connectivity index (χ3v) is 1.07. The van der Waals surface area contributed by atoms with Gasteiger partial charge in [0.2, 0.25) is 0 Å². The summed E-state index contributed by atoms with van der Waals surface area (Å²) >= 11 is 0. The number of hydrogen-bond donors (Lipinski definition) is 1. The Labute approximate surface area is 54.5 Å². The van der Waals surface area contributed by atoms with Gasteiger partial charge in [-0.1, -0.05) is 6.92 Å². The molecule has 0 rings (SSSR count). The van der Waals surface area contributed by atoms with E-state index < -0.39 is 0 Å². The minimum absolute atomic E-state index is 0.174. The molecule has 0 saturated heterocycles. The third kappa shape index (κ3) is 2.85. The zero-order valence-electron chi connectivity index (χ0n) is 5.68. The smallest absolute Gasteiger partial charge is 0.308 e. The topological polar surface area (TPSA) is 50.2 Å². The zero-order chi connectivity index (χ0) is 7.28. The molecular weight excluding hydrogens is 118 g/mol. The van der Waals surface area contributed by atoms with Crippen LogP contribution >= 0.6 is 0 Å². The largest absolute Gasteiger partial charge is 0.469 e. The second kappa shape index (κ2) is 4.06. The maximum atomic E-state index is 10.6. The Balaban J connectivity index is 3.58. The molecule has 0 radical (unpaired) electrons. The Morgan fingerprint density at radius 2 is 2.44 bits per heavy atom. The molecule has 0 heterocycles. The first-order valence-electron chi connectivity index (χ1n) is 2.79. The summed E-state index contributed by atoms with van der Waals surface area (Å²) in [5, 5.41) is 6.67. The van der Waals surface area contributed by atoms with E-state index in [-0.39, 0.29) is 11.9 Å². The van der Waals surface area contributed by atoms with E-state index in [1.54, 1.807) is 6.92 Å². The number of methoxy groups -OCH3 is 1. The molecule has 0 unspecified atom stereocenters. The van der Waals surface area contributed by atoms with E-state index >= 15 is 0 Å². The lowest BCUT2D eigenvalue weighted by Gasteiger charge is -2.03. The summed E-state index contributed by atoms with van der Waals surface area (Å²) < 4.78 is 4.42. The van der Waals surface area contributed by atoms with Crippen molar-refractivity contribution in [2.24, 2.45) is 5.92 Å². The number of hydrogen-bond acceptors (Lipinski definition) is 3. The number of ether oxygens (including phenoxy) is 1. The molecule has 3 heteroatoms. The molecule has 3 nitrogen and oxygen atoms in total. The van der Waals surface area contributed by atoms with Gasteiger partial charge in [0.1, 0.15) is 0 Å². The number of carbonyl (C=O) groups is 1. The maximum Gasteiger partial charge on any atom is 0.308 e. The van der Waals surface area contributed by atoms with Gasteiger partial charge in [-0.2, -0.15) is 0 Å². The highest BCUT2D eigenvalue weighted by atomic mass is 16.5. The molecule has 9 heavy (non-hydrogen) atoms. The van der Waals surface area contributed by atoms with Gasteiger partial charge in [-0.15, -0.1) is 0 Å². The quantitative estimate of drug-likeness (QED) is 0.453. The summed E-state index contributed by atoms with van der Waals surface area (Å²) in [6.07, 6.45) is 1.67. The number of nitrogens with one attached hydrogen (secondary N) is 1. The van der Waals surface area contributed by atoms with Crippen LogP contribution in [0.2, 0.25) is 0 Å². The van der Waals surface area contributed by atoms with Crippen LogP contribution in [0, 0.1) is 11.3 Å². The number of rotatable bonds is 3. The van der Waals surface area contributed by atoms with Gasteiger partial charge in [-0.25, -0.2) is 0 Å². The highest BCUT2D eigenvalue weighted by Crippen LogP contribution is 1.99. The minimum atomic E-state index is -0.251. The van der Waals surface area contributed by atoms with Gasteiger partial charge in [0.25, 0.3) is 0 Å². The van der Waals surface area contributed by atoms with Crippen molar-refractivity contribution in [1.82, 2.24) is 0 Å². The lowest BCUT2D eigenvalue weighted by molar-refractivity contribution is -0.144. The van der Waals surface area contributed by atoms with Crippen LogP contribution in [0.5, 0.6) is 0 Å². The molecule has 0 spiro atoms.